The zero-order chi connectivity index (χ0) is 47.6. The van der Waals surface area contributed by atoms with Gasteiger partial charge in [0.15, 0.2) is 0 Å². The number of nitrogens with zero attached hydrogens (tertiary/aromatic N) is 3. The quantitative estimate of drug-likeness (QED) is 0.143. The summed E-state index contributed by atoms with van der Waals surface area (Å²) in [5.74, 6) is 0. The van der Waals surface area contributed by atoms with E-state index in [1.54, 1.807) is 0 Å². The van der Waals surface area contributed by atoms with Crippen molar-refractivity contribution in [1.82, 2.24) is 4.57 Å². The Hall–Kier alpha value is -8.40. The van der Waals surface area contributed by atoms with Crippen LogP contribution in [0.1, 0.15) is 51.3 Å². The fraction of sp³-hybridized carbons (Fsp3) is 0.104. The van der Waals surface area contributed by atoms with Crippen molar-refractivity contribution in [2.75, 3.05) is 9.80 Å². The molecule has 0 bridgehead atoms. The van der Waals surface area contributed by atoms with Gasteiger partial charge < -0.3 is 14.4 Å². The van der Waals surface area contributed by atoms with Gasteiger partial charge in [0.25, 0.3) is 0 Å². The van der Waals surface area contributed by atoms with E-state index in [-0.39, 0.29) is 10.8 Å². The molecule has 0 saturated heterocycles. The van der Waals surface area contributed by atoms with Crippen LogP contribution in [0.5, 0.6) is 0 Å². The van der Waals surface area contributed by atoms with Gasteiger partial charge in [-0.3, -0.25) is 0 Å². The van der Waals surface area contributed by atoms with Gasteiger partial charge in [-0.1, -0.05) is 180 Å². The third kappa shape index (κ3) is 7.46. The average Bonchev–Trinajstić information content (AvgIpc) is 3.85. The summed E-state index contributed by atoms with van der Waals surface area (Å²) < 4.78 is 2.42. The summed E-state index contributed by atoms with van der Waals surface area (Å²) in [6.45, 7) is 11.5. The summed E-state index contributed by atoms with van der Waals surface area (Å²) >= 11 is 0. The molecule has 0 fully saturated rings. The molecular formula is C67H55N3. The number of aromatic nitrogens is 1. The predicted molar refractivity (Wildman–Crippen MR) is 297 cm³/mol. The van der Waals surface area contributed by atoms with Crippen molar-refractivity contribution in [3.05, 3.63) is 259 Å². The van der Waals surface area contributed by atoms with E-state index >= 15 is 0 Å². The lowest BCUT2D eigenvalue weighted by molar-refractivity contribution is 0.590. The minimum atomic E-state index is -0.156. The monoisotopic (exact) mass is 901 g/mol. The van der Waals surface area contributed by atoms with Crippen LogP contribution in [0, 0.1) is 0 Å². The predicted octanol–water partition coefficient (Wildman–Crippen LogP) is 18.7. The molecular weight excluding hydrogens is 847 g/mol. The van der Waals surface area contributed by atoms with Crippen LogP contribution in [-0.2, 0) is 10.8 Å². The molecule has 3 heteroatoms. The highest BCUT2D eigenvalue weighted by Gasteiger charge is 2.36. The Morgan fingerprint density at radius 3 is 1.53 bits per heavy atom. The number of rotatable bonds is 9. The molecule has 338 valence electrons. The molecule has 0 amide bonds. The van der Waals surface area contributed by atoms with Crippen LogP contribution < -0.4 is 9.80 Å². The first-order valence-corrected chi connectivity index (χ1v) is 24.5. The van der Waals surface area contributed by atoms with Crippen LogP contribution in [0.3, 0.4) is 0 Å². The van der Waals surface area contributed by atoms with E-state index in [9.17, 15) is 0 Å². The minimum absolute atomic E-state index is 0.0719. The molecule has 1 aliphatic rings. The topological polar surface area (TPSA) is 11.4 Å². The lowest BCUT2D eigenvalue weighted by atomic mass is 9.82. The summed E-state index contributed by atoms with van der Waals surface area (Å²) in [6, 6.07) is 89.3. The second kappa shape index (κ2) is 17.0. The molecule has 70 heavy (non-hydrogen) atoms. The second-order valence-corrected chi connectivity index (χ2v) is 20.3. The van der Waals surface area contributed by atoms with Gasteiger partial charge in [-0.15, -0.1) is 0 Å². The fourth-order valence-electron chi connectivity index (χ4n) is 10.9. The smallest absolute Gasteiger partial charge is 0.0541 e. The maximum atomic E-state index is 2.44. The van der Waals surface area contributed by atoms with Gasteiger partial charge in [0.05, 0.1) is 11.0 Å². The fourth-order valence-corrected chi connectivity index (χ4v) is 10.9. The van der Waals surface area contributed by atoms with E-state index in [0.717, 1.165) is 50.9 Å². The van der Waals surface area contributed by atoms with Crippen molar-refractivity contribution in [1.29, 1.82) is 0 Å². The van der Waals surface area contributed by atoms with E-state index in [1.165, 1.54) is 60.8 Å². The van der Waals surface area contributed by atoms with Crippen molar-refractivity contribution in [3.8, 4) is 39.1 Å². The third-order valence-corrected chi connectivity index (χ3v) is 14.5. The highest BCUT2D eigenvalue weighted by Crippen LogP contribution is 2.51. The molecule has 0 atom stereocenters. The van der Waals surface area contributed by atoms with Gasteiger partial charge in [0, 0.05) is 56.0 Å². The molecule has 0 aliphatic heterocycles. The number of hydrogen-bond donors (Lipinski definition) is 0. The first-order chi connectivity index (χ1) is 34.1. The number of anilines is 6. The van der Waals surface area contributed by atoms with Crippen LogP contribution in [0.15, 0.2) is 243 Å². The van der Waals surface area contributed by atoms with Gasteiger partial charge in [-0.05, 0) is 153 Å². The Kier molecular flexibility index (Phi) is 10.4. The molecule has 1 aliphatic carbocycles. The number of hydrogen-bond acceptors (Lipinski definition) is 2. The average molecular weight is 902 g/mol. The van der Waals surface area contributed by atoms with Gasteiger partial charge in [0.1, 0.15) is 0 Å². The van der Waals surface area contributed by atoms with E-state index in [2.05, 4.69) is 292 Å². The molecule has 3 nitrogen and oxygen atoms in total. The zero-order valence-corrected chi connectivity index (χ0v) is 40.4. The molecule has 11 aromatic rings. The Bertz CT molecular complexity index is 3690. The van der Waals surface area contributed by atoms with Gasteiger partial charge in [-0.25, -0.2) is 0 Å². The van der Waals surface area contributed by atoms with Crippen LogP contribution in [-0.4, -0.2) is 4.57 Å². The molecule has 0 saturated carbocycles. The number of fused-ring (bicyclic) bond motifs is 6. The molecule has 0 unspecified atom stereocenters. The normalized spacial score (nSPS) is 12.8. The summed E-state index contributed by atoms with van der Waals surface area (Å²) in [7, 11) is 0. The van der Waals surface area contributed by atoms with Crippen LogP contribution in [0.4, 0.5) is 34.1 Å². The summed E-state index contributed by atoms with van der Waals surface area (Å²) in [5, 5.41) is 2.45. The maximum Gasteiger partial charge on any atom is 0.0541 e. The van der Waals surface area contributed by atoms with Gasteiger partial charge in [0.2, 0.25) is 0 Å². The van der Waals surface area contributed by atoms with Crippen LogP contribution in [0.2, 0.25) is 0 Å². The molecule has 1 aromatic heterocycles. The Labute approximate surface area is 412 Å². The van der Waals surface area contributed by atoms with Crippen molar-refractivity contribution in [2.24, 2.45) is 0 Å². The third-order valence-electron chi connectivity index (χ3n) is 14.5. The second-order valence-electron chi connectivity index (χ2n) is 20.3. The zero-order valence-electron chi connectivity index (χ0n) is 40.4. The minimum Gasteiger partial charge on any atom is -0.310 e. The lowest BCUT2D eigenvalue weighted by Gasteiger charge is -2.31. The van der Waals surface area contributed by atoms with Gasteiger partial charge >= 0.3 is 0 Å². The molecule has 12 rings (SSSR count). The SMILES string of the molecule is CC(C)(C)c1ccc(-n2c3ccccc3c3cc(-c4cc(N(c5ccccc5)c5ccc(-c6ccccc6)cc5)cc(N(c5ccccc5)c5ccc6c(c5)C(C)(C)c5ccccc5-6)c4)ccc32)cc1. The highest BCUT2D eigenvalue weighted by atomic mass is 15.2. The molecule has 0 N–H and O–H groups in total. The van der Waals surface area contributed by atoms with Gasteiger partial charge in [-0.2, -0.15) is 0 Å². The highest BCUT2D eigenvalue weighted by molar-refractivity contribution is 6.10. The largest absolute Gasteiger partial charge is 0.310 e. The van der Waals surface area contributed by atoms with E-state index in [1.807, 2.05) is 0 Å². The molecule has 10 aromatic carbocycles. The standard InChI is InChI=1S/C67H55N3/c1-66(2,3)50-32-36-54(37-33-50)70-64-28-18-16-26-60(64)61-43-48(31-40-65(61)70)49-41-56(68(51-21-11-7-12-22-51)53-34-29-47(30-35-53)46-19-9-6-10-20-46)44-57(42-49)69(52-23-13-8-14-24-52)55-38-39-59-58-25-15-17-27-62(58)67(4,5)63(59)45-55/h6-45H,1-5H3. The van der Waals surface area contributed by atoms with Crippen LogP contribution in [0.25, 0.3) is 60.9 Å². The van der Waals surface area contributed by atoms with E-state index in [4.69, 9.17) is 0 Å². The maximum absolute atomic E-state index is 2.44. The summed E-state index contributed by atoms with van der Waals surface area (Å²) in [4.78, 5) is 4.85. The molecule has 1 heterocycles. The first-order valence-electron chi connectivity index (χ1n) is 24.5. The van der Waals surface area contributed by atoms with Crippen molar-refractivity contribution < 1.29 is 0 Å². The van der Waals surface area contributed by atoms with Crippen molar-refractivity contribution in [2.45, 2.75) is 45.4 Å². The Morgan fingerprint density at radius 1 is 0.343 bits per heavy atom. The molecule has 0 radical (unpaired) electrons. The summed E-state index contributed by atoms with van der Waals surface area (Å²) in [5.41, 5.74) is 21.2. The van der Waals surface area contributed by atoms with Crippen molar-refractivity contribution in [3.63, 3.8) is 0 Å². The van der Waals surface area contributed by atoms with Crippen LogP contribution >= 0.6 is 0 Å². The van der Waals surface area contributed by atoms with Crippen molar-refractivity contribution >= 4 is 55.9 Å². The van der Waals surface area contributed by atoms with E-state index in [0.29, 0.717) is 0 Å². The van der Waals surface area contributed by atoms with E-state index < -0.39 is 0 Å². The Balaban J connectivity index is 1.08. The lowest BCUT2D eigenvalue weighted by Crippen LogP contribution is -2.17. The molecule has 0 spiro atoms. The summed E-state index contributed by atoms with van der Waals surface area (Å²) in [6.07, 6.45) is 0. The number of para-hydroxylation sites is 3. The number of benzene rings is 10. The first kappa shape index (κ1) is 42.9. The Morgan fingerprint density at radius 2 is 0.857 bits per heavy atom.